The van der Waals surface area contributed by atoms with Crippen molar-refractivity contribution in [1.82, 2.24) is 10.6 Å². The van der Waals surface area contributed by atoms with Gasteiger partial charge in [0.2, 0.25) is 17.7 Å². The third-order valence-corrected chi connectivity index (χ3v) is 4.29. The maximum absolute atomic E-state index is 13.1. The Morgan fingerprint density at radius 3 is 1.93 bits per heavy atom. The zero-order valence-electron chi connectivity index (χ0n) is 16.1. The lowest BCUT2D eigenvalue weighted by atomic mass is 10.0. The van der Waals surface area contributed by atoms with E-state index < -0.39 is 40.5 Å². The van der Waals surface area contributed by atoms with Crippen molar-refractivity contribution in [1.29, 1.82) is 0 Å². The first-order valence-electron chi connectivity index (χ1n) is 9.00. The SMILES string of the molecule is CC(=O)N[C@H](Cc1ccc(F)cc1)C(=O)N[C@H](Cc1ccc([N+](=O)[O-])cc1)C(N)=O. The minimum atomic E-state index is -1.09. The highest BCUT2D eigenvalue weighted by atomic mass is 19.1. The predicted octanol–water partition coefficient (Wildman–Crippen LogP) is 0.994. The topological polar surface area (TPSA) is 144 Å². The van der Waals surface area contributed by atoms with Crippen LogP contribution in [0.25, 0.3) is 0 Å². The Kier molecular flexibility index (Phi) is 7.56. The van der Waals surface area contributed by atoms with E-state index in [1.54, 1.807) is 0 Å². The van der Waals surface area contributed by atoms with E-state index in [1.165, 1.54) is 55.5 Å². The van der Waals surface area contributed by atoms with E-state index >= 15 is 0 Å². The molecule has 4 N–H and O–H groups in total. The van der Waals surface area contributed by atoms with Gasteiger partial charge in [-0.3, -0.25) is 24.5 Å². The molecular formula is C20H21FN4O5. The van der Waals surface area contributed by atoms with Crippen LogP contribution in [-0.4, -0.2) is 34.7 Å². The summed E-state index contributed by atoms with van der Waals surface area (Å²) >= 11 is 0. The normalized spacial score (nSPS) is 12.5. The molecule has 0 aliphatic rings. The van der Waals surface area contributed by atoms with Gasteiger partial charge in [-0.2, -0.15) is 0 Å². The van der Waals surface area contributed by atoms with Crippen LogP contribution in [0.15, 0.2) is 48.5 Å². The van der Waals surface area contributed by atoms with E-state index in [4.69, 9.17) is 5.73 Å². The number of rotatable bonds is 9. The summed E-state index contributed by atoms with van der Waals surface area (Å²) in [6, 6.07) is 8.83. The summed E-state index contributed by atoms with van der Waals surface area (Å²) in [5, 5.41) is 15.7. The van der Waals surface area contributed by atoms with Gasteiger partial charge in [-0.25, -0.2) is 4.39 Å². The third kappa shape index (κ3) is 6.66. The van der Waals surface area contributed by atoms with E-state index in [-0.39, 0.29) is 18.5 Å². The van der Waals surface area contributed by atoms with Crippen LogP contribution in [0.2, 0.25) is 0 Å². The number of nitro benzene ring substituents is 1. The Bertz CT molecular complexity index is 931. The molecule has 0 bridgehead atoms. The van der Waals surface area contributed by atoms with Crippen LogP contribution < -0.4 is 16.4 Å². The van der Waals surface area contributed by atoms with Gasteiger partial charge in [-0.15, -0.1) is 0 Å². The molecule has 0 saturated heterocycles. The second-order valence-electron chi connectivity index (χ2n) is 6.67. The fraction of sp³-hybridized carbons (Fsp3) is 0.250. The minimum Gasteiger partial charge on any atom is -0.368 e. The van der Waals surface area contributed by atoms with Crippen molar-refractivity contribution in [2.45, 2.75) is 31.8 Å². The van der Waals surface area contributed by atoms with Crippen LogP contribution in [0.4, 0.5) is 10.1 Å². The van der Waals surface area contributed by atoms with E-state index in [0.717, 1.165) is 0 Å². The van der Waals surface area contributed by atoms with Crippen molar-refractivity contribution < 1.29 is 23.7 Å². The largest absolute Gasteiger partial charge is 0.368 e. The Morgan fingerprint density at radius 1 is 0.967 bits per heavy atom. The zero-order chi connectivity index (χ0) is 22.3. The van der Waals surface area contributed by atoms with Gasteiger partial charge in [0.05, 0.1) is 4.92 Å². The summed E-state index contributed by atoms with van der Waals surface area (Å²) < 4.78 is 13.1. The Balaban J connectivity index is 2.12. The highest BCUT2D eigenvalue weighted by molar-refractivity contribution is 5.91. The monoisotopic (exact) mass is 416 g/mol. The fourth-order valence-electron chi connectivity index (χ4n) is 2.80. The maximum atomic E-state index is 13.1. The first-order chi connectivity index (χ1) is 14.2. The molecule has 2 rings (SSSR count). The molecule has 0 fully saturated rings. The van der Waals surface area contributed by atoms with Gasteiger partial charge in [0.1, 0.15) is 17.9 Å². The number of benzene rings is 2. The number of nitrogens with one attached hydrogen (secondary N) is 2. The van der Waals surface area contributed by atoms with Crippen molar-refractivity contribution in [2.24, 2.45) is 5.73 Å². The number of carbonyl (C=O) groups is 3. The number of hydrogen-bond donors (Lipinski definition) is 3. The number of nitrogens with two attached hydrogens (primary N) is 1. The number of nitro groups is 1. The van der Waals surface area contributed by atoms with Crippen molar-refractivity contribution in [3.63, 3.8) is 0 Å². The third-order valence-electron chi connectivity index (χ3n) is 4.29. The average Bonchev–Trinajstić information content (AvgIpc) is 2.68. The Morgan fingerprint density at radius 2 is 1.47 bits per heavy atom. The highest BCUT2D eigenvalue weighted by Crippen LogP contribution is 2.13. The lowest BCUT2D eigenvalue weighted by Gasteiger charge is -2.22. The van der Waals surface area contributed by atoms with Gasteiger partial charge in [0.15, 0.2) is 0 Å². The van der Waals surface area contributed by atoms with Crippen LogP contribution in [0.1, 0.15) is 18.1 Å². The summed E-state index contributed by atoms with van der Waals surface area (Å²) in [6.45, 7) is 1.24. The quantitative estimate of drug-likeness (QED) is 0.412. The molecule has 9 nitrogen and oxygen atoms in total. The number of hydrogen-bond acceptors (Lipinski definition) is 5. The van der Waals surface area contributed by atoms with E-state index in [1.807, 2.05) is 0 Å². The Hall–Kier alpha value is -3.82. The molecule has 0 heterocycles. The highest BCUT2D eigenvalue weighted by Gasteiger charge is 2.25. The number of amides is 3. The second kappa shape index (κ2) is 10.1. The molecular weight excluding hydrogens is 395 g/mol. The molecule has 30 heavy (non-hydrogen) atoms. The molecule has 2 aromatic rings. The molecule has 10 heteroatoms. The van der Waals surface area contributed by atoms with E-state index in [0.29, 0.717) is 11.1 Å². The van der Waals surface area contributed by atoms with Crippen molar-refractivity contribution in [3.8, 4) is 0 Å². The van der Waals surface area contributed by atoms with Gasteiger partial charge in [-0.1, -0.05) is 24.3 Å². The molecule has 0 aliphatic heterocycles. The van der Waals surface area contributed by atoms with Crippen LogP contribution in [0.5, 0.6) is 0 Å². The summed E-state index contributed by atoms with van der Waals surface area (Å²) in [6.07, 6.45) is 0.0944. The van der Waals surface area contributed by atoms with Gasteiger partial charge in [0, 0.05) is 31.9 Å². The van der Waals surface area contributed by atoms with Gasteiger partial charge >= 0.3 is 0 Å². The average molecular weight is 416 g/mol. The predicted molar refractivity (Wildman–Crippen MR) is 106 cm³/mol. The smallest absolute Gasteiger partial charge is 0.269 e. The number of non-ortho nitro benzene ring substituents is 1. The molecule has 2 atom stereocenters. The molecule has 0 unspecified atom stereocenters. The van der Waals surface area contributed by atoms with Crippen LogP contribution in [-0.2, 0) is 27.2 Å². The molecule has 0 saturated carbocycles. The standard InChI is InChI=1S/C20H21FN4O5/c1-12(26)23-18(11-13-2-6-15(21)7-3-13)20(28)24-17(19(22)27)10-14-4-8-16(9-5-14)25(29)30/h2-9,17-18H,10-11H2,1H3,(H2,22,27)(H,23,26)(H,24,28)/t17-,18-/m1/s1. The number of halogens is 1. The molecule has 3 amide bonds. The van der Waals surface area contributed by atoms with E-state index in [9.17, 15) is 28.9 Å². The molecule has 158 valence electrons. The summed E-state index contributed by atoms with van der Waals surface area (Å²) in [5.41, 5.74) is 6.45. The second-order valence-corrected chi connectivity index (χ2v) is 6.67. The fourth-order valence-corrected chi connectivity index (χ4v) is 2.80. The summed E-state index contributed by atoms with van der Waals surface area (Å²) in [4.78, 5) is 46.2. The zero-order valence-corrected chi connectivity index (χ0v) is 16.1. The first kappa shape index (κ1) is 22.5. The number of nitrogens with zero attached hydrogens (tertiary/aromatic N) is 1. The lowest BCUT2D eigenvalue weighted by Crippen LogP contribution is -2.54. The van der Waals surface area contributed by atoms with Crippen LogP contribution >= 0.6 is 0 Å². The van der Waals surface area contributed by atoms with Gasteiger partial charge in [-0.05, 0) is 23.3 Å². The van der Waals surface area contributed by atoms with Crippen molar-refractivity contribution in [3.05, 3.63) is 75.6 Å². The Labute approximate surface area is 171 Å². The maximum Gasteiger partial charge on any atom is 0.269 e. The van der Waals surface area contributed by atoms with Crippen LogP contribution in [0.3, 0.4) is 0 Å². The van der Waals surface area contributed by atoms with Gasteiger partial charge < -0.3 is 16.4 Å². The molecule has 0 aromatic heterocycles. The summed E-state index contributed by atoms with van der Waals surface area (Å²) in [7, 11) is 0. The van der Waals surface area contributed by atoms with E-state index in [2.05, 4.69) is 10.6 Å². The minimum absolute atomic E-state index is 0.0163. The molecule has 0 aliphatic carbocycles. The molecule has 0 spiro atoms. The first-order valence-corrected chi connectivity index (χ1v) is 9.00. The summed E-state index contributed by atoms with van der Waals surface area (Å²) in [5.74, 6) is -2.33. The van der Waals surface area contributed by atoms with Crippen LogP contribution in [0, 0.1) is 15.9 Å². The van der Waals surface area contributed by atoms with Crippen molar-refractivity contribution in [2.75, 3.05) is 0 Å². The molecule has 0 radical (unpaired) electrons. The lowest BCUT2D eigenvalue weighted by molar-refractivity contribution is -0.384. The van der Waals surface area contributed by atoms with Crippen molar-refractivity contribution >= 4 is 23.4 Å². The number of carbonyl (C=O) groups excluding carboxylic acids is 3. The molecule has 2 aromatic carbocycles. The number of primary amides is 1. The van der Waals surface area contributed by atoms with Gasteiger partial charge in [0.25, 0.3) is 5.69 Å².